The van der Waals surface area contributed by atoms with E-state index in [-0.39, 0.29) is 5.91 Å². The molecule has 1 aromatic heterocycles. The van der Waals surface area contributed by atoms with Gasteiger partial charge in [-0.15, -0.1) is 11.3 Å². The summed E-state index contributed by atoms with van der Waals surface area (Å²) < 4.78 is 0. The van der Waals surface area contributed by atoms with Gasteiger partial charge < -0.3 is 10.2 Å². The van der Waals surface area contributed by atoms with E-state index in [9.17, 15) is 4.79 Å². The maximum absolute atomic E-state index is 12.1. The molecular weight excluding hydrogens is 266 g/mol. The number of rotatable bonds is 4. The number of nitrogens with one attached hydrogen (secondary N) is 1. The van der Waals surface area contributed by atoms with Crippen LogP contribution in [0.15, 0.2) is 6.20 Å². The highest BCUT2D eigenvalue weighted by Crippen LogP contribution is 2.15. The lowest BCUT2D eigenvalue weighted by atomic mass is 10.2. The number of hydrogen-bond acceptors (Lipinski definition) is 5. The predicted molar refractivity (Wildman–Crippen MR) is 77.1 cm³/mol. The standard InChI is InChI=1S/C12H19N3OS2/c1-9-14-6-11(18-9)7-15(2)12(16)5-10-8-17-4-3-13-10/h6,10,13H,3-5,7-8H2,1-2H3. The number of carbonyl (C=O) groups excluding carboxylic acids is 1. The Kier molecular flexibility index (Phi) is 5.03. The summed E-state index contributed by atoms with van der Waals surface area (Å²) in [6, 6.07) is 0.335. The van der Waals surface area contributed by atoms with Crippen LogP contribution in [0.2, 0.25) is 0 Å². The fourth-order valence-electron chi connectivity index (χ4n) is 1.92. The molecule has 1 aromatic rings. The maximum atomic E-state index is 12.1. The summed E-state index contributed by atoms with van der Waals surface area (Å²) >= 11 is 3.58. The van der Waals surface area contributed by atoms with Crippen molar-refractivity contribution in [1.29, 1.82) is 0 Å². The van der Waals surface area contributed by atoms with Crippen molar-refractivity contribution in [3.63, 3.8) is 0 Å². The Morgan fingerprint density at radius 2 is 2.50 bits per heavy atom. The molecule has 1 fully saturated rings. The van der Waals surface area contributed by atoms with Crippen LogP contribution in [-0.2, 0) is 11.3 Å². The number of nitrogens with zero attached hydrogens (tertiary/aromatic N) is 2. The molecule has 18 heavy (non-hydrogen) atoms. The quantitative estimate of drug-likeness (QED) is 0.911. The minimum Gasteiger partial charge on any atom is -0.341 e. The molecule has 2 rings (SSSR count). The molecule has 100 valence electrons. The second kappa shape index (κ2) is 6.54. The van der Waals surface area contributed by atoms with Gasteiger partial charge in [-0.25, -0.2) is 4.98 Å². The molecule has 1 N–H and O–H groups in total. The fourth-order valence-corrected chi connectivity index (χ4v) is 3.72. The van der Waals surface area contributed by atoms with E-state index in [1.807, 2.05) is 31.9 Å². The Balaban J connectivity index is 1.80. The first-order valence-corrected chi connectivity index (χ1v) is 8.08. The van der Waals surface area contributed by atoms with E-state index in [0.717, 1.165) is 27.9 Å². The van der Waals surface area contributed by atoms with Gasteiger partial charge in [-0.3, -0.25) is 4.79 Å². The molecule has 0 bridgehead atoms. The second-order valence-corrected chi connectivity index (χ2v) is 6.99. The highest BCUT2D eigenvalue weighted by Gasteiger charge is 2.19. The molecule has 0 spiro atoms. The van der Waals surface area contributed by atoms with Crippen molar-refractivity contribution in [3.05, 3.63) is 16.1 Å². The molecular formula is C12H19N3OS2. The summed E-state index contributed by atoms with van der Waals surface area (Å²) in [7, 11) is 1.87. The summed E-state index contributed by atoms with van der Waals surface area (Å²) in [5.74, 6) is 2.40. The first-order chi connectivity index (χ1) is 8.65. The Labute approximate surface area is 116 Å². The lowest BCUT2D eigenvalue weighted by Crippen LogP contribution is -2.41. The summed E-state index contributed by atoms with van der Waals surface area (Å²) in [4.78, 5) is 19.2. The van der Waals surface area contributed by atoms with Crippen molar-refractivity contribution >= 4 is 29.0 Å². The zero-order valence-corrected chi connectivity index (χ0v) is 12.4. The molecule has 0 aromatic carbocycles. The van der Waals surface area contributed by atoms with Gasteiger partial charge in [0.15, 0.2) is 0 Å². The van der Waals surface area contributed by atoms with Crippen molar-refractivity contribution in [1.82, 2.24) is 15.2 Å². The largest absolute Gasteiger partial charge is 0.341 e. The molecule has 1 unspecified atom stereocenters. The number of amides is 1. The summed E-state index contributed by atoms with van der Waals surface area (Å²) in [6.45, 7) is 3.67. The van der Waals surface area contributed by atoms with Crippen molar-refractivity contribution < 1.29 is 4.79 Å². The second-order valence-electron chi connectivity index (χ2n) is 4.53. The number of thiazole rings is 1. The Bertz CT molecular complexity index is 402. The topological polar surface area (TPSA) is 45.2 Å². The first kappa shape index (κ1) is 13.8. The normalized spacial score (nSPS) is 19.8. The molecule has 6 heteroatoms. The van der Waals surface area contributed by atoms with E-state index in [4.69, 9.17) is 0 Å². The molecule has 1 amide bonds. The molecule has 0 radical (unpaired) electrons. The first-order valence-electron chi connectivity index (χ1n) is 6.11. The molecule has 0 saturated carbocycles. The third kappa shape index (κ3) is 3.96. The molecule has 0 aliphatic carbocycles. The Morgan fingerprint density at radius 3 is 3.11 bits per heavy atom. The molecule has 4 nitrogen and oxygen atoms in total. The minimum absolute atomic E-state index is 0.209. The number of thioether (sulfide) groups is 1. The monoisotopic (exact) mass is 285 g/mol. The number of aromatic nitrogens is 1. The zero-order chi connectivity index (χ0) is 13.0. The lowest BCUT2D eigenvalue weighted by Gasteiger charge is -2.25. The van der Waals surface area contributed by atoms with Crippen molar-refractivity contribution in [2.45, 2.75) is 25.9 Å². The van der Waals surface area contributed by atoms with Gasteiger partial charge in [-0.2, -0.15) is 11.8 Å². The van der Waals surface area contributed by atoms with E-state index in [2.05, 4.69) is 10.3 Å². The average Bonchev–Trinajstić information content (AvgIpc) is 2.76. The van der Waals surface area contributed by atoms with Crippen molar-refractivity contribution in [2.24, 2.45) is 0 Å². The molecule has 1 atom stereocenters. The Hall–Kier alpha value is -0.590. The van der Waals surface area contributed by atoms with Crippen LogP contribution in [0, 0.1) is 6.92 Å². The van der Waals surface area contributed by atoms with Gasteiger partial charge in [-0.1, -0.05) is 0 Å². The number of carbonyl (C=O) groups is 1. The fraction of sp³-hybridized carbons (Fsp3) is 0.667. The zero-order valence-electron chi connectivity index (χ0n) is 10.8. The molecule has 2 heterocycles. The van der Waals surface area contributed by atoms with Crippen LogP contribution in [0.3, 0.4) is 0 Å². The van der Waals surface area contributed by atoms with E-state index in [0.29, 0.717) is 19.0 Å². The van der Waals surface area contributed by atoms with E-state index in [1.54, 1.807) is 16.2 Å². The summed E-state index contributed by atoms with van der Waals surface area (Å²) in [6.07, 6.45) is 2.46. The van der Waals surface area contributed by atoms with Crippen molar-refractivity contribution in [2.75, 3.05) is 25.1 Å². The third-order valence-electron chi connectivity index (χ3n) is 2.91. The van der Waals surface area contributed by atoms with Crippen LogP contribution in [0.4, 0.5) is 0 Å². The van der Waals surface area contributed by atoms with Crippen LogP contribution in [0.25, 0.3) is 0 Å². The molecule has 1 aliphatic rings. The maximum Gasteiger partial charge on any atom is 0.224 e. The van der Waals surface area contributed by atoms with Gasteiger partial charge in [0.2, 0.25) is 5.91 Å². The third-order valence-corrected chi connectivity index (χ3v) is 4.94. The average molecular weight is 285 g/mol. The highest BCUT2D eigenvalue weighted by molar-refractivity contribution is 7.99. The van der Waals surface area contributed by atoms with E-state index in [1.165, 1.54) is 0 Å². The van der Waals surface area contributed by atoms with E-state index >= 15 is 0 Å². The van der Waals surface area contributed by atoms with Crippen molar-refractivity contribution in [3.8, 4) is 0 Å². The van der Waals surface area contributed by atoms with Gasteiger partial charge in [0.1, 0.15) is 0 Å². The van der Waals surface area contributed by atoms with Gasteiger partial charge in [0.25, 0.3) is 0 Å². The summed E-state index contributed by atoms with van der Waals surface area (Å²) in [5, 5.41) is 4.45. The number of hydrogen-bond donors (Lipinski definition) is 1. The molecule has 1 aliphatic heterocycles. The van der Waals surface area contributed by atoms with Gasteiger partial charge in [-0.05, 0) is 6.92 Å². The van der Waals surface area contributed by atoms with Crippen LogP contribution >= 0.6 is 23.1 Å². The van der Waals surface area contributed by atoms with Crippen LogP contribution < -0.4 is 5.32 Å². The molecule has 1 saturated heterocycles. The smallest absolute Gasteiger partial charge is 0.224 e. The highest BCUT2D eigenvalue weighted by atomic mass is 32.2. The minimum atomic E-state index is 0.209. The van der Waals surface area contributed by atoms with Crippen LogP contribution in [-0.4, -0.2) is 46.9 Å². The van der Waals surface area contributed by atoms with Crippen LogP contribution in [0.5, 0.6) is 0 Å². The van der Waals surface area contributed by atoms with Gasteiger partial charge in [0, 0.05) is 48.6 Å². The van der Waals surface area contributed by atoms with Gasteiger partial charge >= 0.3 is 0 Å². The summed E-state index contributed by atoms with van der Waals surface area (Å²) in [5.41, 5.74) is 0. The van der Waals surface area contributed by atoms with Gasteiger partial charge in [0.05, 0.1) is 11.6 Å². The number of aryl methyl sites for hydroxylation is 1. The Morgan fingerprint density at radius 1 is 1.67 bits per heavy atom. The predicted octanol–water partition coefficient (Wildman–Crippen LogP) is 1.51. The lowest BCUT2D eigenvalue weighted by molar-refractivity contribution is -0.130. The van der Waals surface area contributed by atoms with E-state index < -0.39 is 0 Å². The van der Waals surface area contributed by atoms with Crippen LogP contribution in [0.1, 0.15) is 16.3 Å². The SMILES string of the molecule is Cc1ncc(CN(C)C(=O)CC2CSCCN2)s1.